The Balaban J connectivity index is 2.25. The zero-order valence-electron chi connectivity index (χ0n) is 12.4. The quantitative estimate of drug-likeness (QED) is 0.709. The molecule has 3 heteroatoms. The molecular formula is C17H21N3. The lowest BCUT2D eigenvalue weighted by molar-refractivity contribution is 0.514. The summed E-state index contributed by atoms with van der Waals surface area (Å²) in [6.45, 7) is 7.74. The van der Waals surface area contributed by atoms with Gasteiger partial charge in [-0.05, 0) is 18.4 Å². The summed E-state index contributed by atoms with van der Waals surface area (Å²) < 4.78 is 2.39. The van der Waals surface area contributed by atoms with E-state index in [1.54, 1.807) is 0 Å². The van der Waals surface area contributed by atoms with Crippen molar-refractivity contribution in [1.29, 1.82) is 0 Å². The standard InChI is InChI=1S/C17H21N3/c1-4-16-19-15-11-18-14-8-6-5-7-13(14)17(15)20(16)10-9-12(2)3/h5-8,11-12H,4,9-10H2,1-3H3. The summed E-state index contributed by atoms with van der Waals surface area (Å²) in [5.41, 5.74) is 3.31. The van der Waals surface area contributed by atoms with Crippen LogP contribution in [-0.2, 0) is 13.0 Å². The monoisotopic (exact) mass is 267 g/mol. The molecule has 0 N–H and O–H groups in total. The van der Waals surface area contributed by atoms with Crippen LogP contribution in [0.5, 0.6) is 0 Å². The number of hydrogen-bond acceptors (Lipinski definition) is 2. The maximum Gasteiger partial charge on any atom is 0.109 e. The second-order valence-electron chi connectivity index (χ2n) is 5.72. The van der Waals surface area contributed by atoms with Gasteiger partial charge >= 0.3 is 0 Å². The molecule has 0 aliphatic carbocycles. The molecule has 0 saturated carbocycles. The fourth-order valence-electron chi connectivity index (χ4n) is 2.71. The minimum Gasteiger partial charge on any atom is -0.327 e. The van der Waals surface area contributed by atoms with E-state index in [2.05, 4.69) is 48.5 Å². The van der Waals surface area contributed by atoms with Crippen LogP contribution in [0.2, 0.25) is 0 Å². The summed E-state index contributed by atoms with van der Waals surface area (Å²) in [4.78, 5) is 9.28. The maximum atomic E-state index is 4.76. The number of fused-ring (bicyclic) bond motifs is 3. The van der Waals surface area contributed by atoms with E-state index in [9.17, 15) is 0 Å². The van der Waals surface area contributed by atoms with Crippen molar-refractivity contribution >= 4 is 21.9 Å². The van der Waals surface area contributed by atoms with E-state index >= 15 is 0 Å². The molecule has 3 rings (SSSR count). The number of aryl methyl sites for hydroxylation is 2. The highest BCUT2D eigenvalue weighted by Gasteiger charge is 2.13. The summed E-state index contributed by atoms with van der Waals surface area (Å²) in [5.74, 6) is 1.86. The van der Waals surface area contributed by atoms with Crippen LogP contribution in [0.25, 0.3) is 21.9 Å². The van der Waals surface area contributed by atoms with Crippen molar-refractivity contribution in [3.63, 3.8) is 0 Å². The molecule has 0 spiro atoms. The highest BCUT2D eigenvalue weighted by atomic mass is 15.1. The molecule has 0 amide bonds. The minimum absolute atomic E-state index is 0.699. The minimum atomic E-state index is 0.699. The van der Waals surface area contributed by atoms with Crippen LogP contribution in [0.4, 0.5) is 0 Å². The first-order valence-electron chi connectivity index (χ1n) is 7.43. The first-order chi connectivity index (χ1) is 9.70. The van der Waals surface area contributed by atoms with Crippen molar-refractivity contribution in [3.05, 3.63) is 36.3 Å². The van der Waals surface area contributed by atoms with Gasteiger partial charge in [0, 0.05) is 18.4 Å². The van der Waals surface area contributed by atoms with E-state index in [0.29, 0.717) is 5.92 Å². The van der Waals surface area contributed by atoms with E-state index in [1.807, 2.05) is 12.3 Å². The van der Waals surface area contributed by atoms with Gasteiger partial charge in [0.15, 0.2) is 0 Å². The summed E-state index contributed by atoms with van der Waals surface area (Å²) in [5, 5.41) is 1.21. The molecule has 104 valence electrons. The molecule has 2 heterocycles. The van der Waals surface area contributed by atoms with Crippen LogP contribution < -0.4 is 0 Å². The van der Waals surface area contributed by atoms with Gasteiger partial charge in [-0.3, -0.25) is 4.98 Å². The van der Waals surface area contributed by atoms with Gasteiger partial charge in [-0.25, -0.2) is 4.98 Å². The molecule has 0 saturated heterocycles. The number of hydrogen-bond donors (Lipinski definition) is 0. The molecule has 3 aromatic rings. The summed E-state index contributed by atoms with van der Waals surface area (Å²) in [6.07, 6.45) is 4.04. The number of nitrogens with zero attached hydrogens (tertiary/aromatic N) is 3. The van der Waals surface area contributed by atoms with Crippen molar-refractivity contribution in [2.24, 2.45) is 5.92 Å². The lowest BCUT2D eigenvalue weighted by Crippen LogP contribution is -2.05. The van der Waals surface area contributed by atoms with Crippen molar-refractivity contribution in [2.45, 2.75) is 40.2 Å². The SMILES string of the molecule is CCc1nc2cnc3ccccc3c2n1CCC(C)C. The Morgan fingerprint density at radius 1 is 1.15 bits per heavy atom. The molecule has 0 radical (unpaired) electrons. The van der Waals surface area contributed by atoms with Crippen LogP contribution in [0.3, 0.4) is 0 Å². The van der Waals surface area contributed by atoms with Crippen LogP contribution >= 0.6 is 0 Å². The van der Waals surface area contributed by atoms with Gasteiger partial charge in [-0.2, -0.15) is 0 Å². The van der Waals surface area contributed by atoms with Crippen LogP contribution in [0.15, 0.2) is 30.5 Å². The summed E-state index contributed by atoms with van der Waals surface area (Å²) >= 11 is 0. The number of para-hydroxylation sites is 1. The highest BCUT2D eigenvalue weighted by molar-refractivity contribution is 6.02. The van der Waals surface area contributed by atoms with Gasteiger partial charge in [0.05, 0.1) is 17.2 Å². The van der Waals surface area contributed by atoms with Gasteiger partial charge in [0.25, 0.3) is 0 Å². The predicted molar refractivity (Wildman–Crippen MR) is 83.9 cm³/mol. The average molecular weight is 267 g/mol. The van der Waals surface area contributed by atoms with E-state index < -0.39 is 0 Å². The topological polar surface area (TPSA) is 30.7 Å². The fraction of sp³-hybridized carbons (Fsp3) is 0.412. The number of rotatable bonds is 4. The van der Waals surface area contributed by atoms with Crippen LogP contribution in [-0.4, -0.2) is 14.5 Å². The van der Waals surface area contributed by atoms with Gasteiger partial charge in [0.1, 0.15) is 11.3 Å². The third kappa shape index (κ3) is 2.17. The highest BCUT2D eigenvalue weighted by Crippen LogP contribution is 2.25. The van der Waals surface area contributed by atoms with E-state index in [-0.39, 0.29) is 0 Å². The van der Waals surface area contributed by atoms with Crippen LogP contribution in [0, 0.1) is 5.92 Å². The van der Waals surface area contributed by atoms with Crippen LogP contribution in [0.1, 0.15) is 33.0 Å². The molecule has 0 fully saturated rings. The molecule has 0 atom stereocenters. The largest absolute Gasteiger partial charge is 0.327 e. The first kappa shape index (κ1) is 13.1. The smallest absolute Gasteiger partial charge is 0.109 e. The molecular weight excluding hydrogens is 246 g/mol. The molecule has 0 unspecified atom stereocenters. The average Bonchev–Trinajstić information content (AvgIpc) is 2.83. The maximum absolute atomic E-state index is 4.76. The van der Waals surface area contributed by atoms with Crippen molar-refractivity contribution < 1.29 is 0 Å². The van der Waals surface area contributed by atoms with Gasteiger partial charge in [-0.1, -0.05) is 39.0 Å². The Morgan fingerprint density at radius 2 is 1.95 bits per heavy atom. The Morgan fingerprint density at radius 3 is 2.70 bits per heavy atom. The van der Waals surface area contributed by atoms with Gasteiger partial charge in [0.2, 0.25) is 0 Å². The molecule has 0 aliphatic rings. The number of benzene rings is 1. The first-order valence-corrected chi connectivity index (χ1v) is 7.43. The molecule has 2 aromatic heterocycles. The van der Waals surface area contributed by atoms with E-state index in [0.717, 1.165) is 24.0 Å². The Kier molecular flexibility index (Phi) is 3.43. The third-order valence-corrected chi connectivity index (χ3v) is 3.80. The van der Waals surface area contributed by atoms with Gasteiger partial charge in [-0.15, -0.1) is 0 Å². The molecule has 1 aromatic carbocycles. The Hall–Kier alpha value is -1.90. The number of pyridine rings is 1. The molecule has 0 bridgehead atoms. The van der Waals surface area contributed by atoms with Crippen molar-refractivity contribution in [1.82, 2.24) is 14.5 Å². The molecule has 3 nitrogen and oxygen atoms in total. The predicted octanol–water partition coefficient (Wildman–Crippen LogP) is 4.19. The van der Waals surface area contributed by atoms with Crippen molar-refractivity contribution in [2.75, 3.05) is 0 Å². The molecule has 0 aliphatic heterocycles. The normalized spacial score (nSPS) is 11.8. The summed E-state index contributed by atoms with van der Waals surface area (Å²) in [6, 6.07) is 8.34. The fourth-order valence-corrected chi connectivity index (χ4v) is 2.71. The second-order valence-corrected chi connectivity index (χ2v) is 5.72. The van der Waals surface area contributed by atoms with Gasteiger partial charge < -0.3 is 4.57 Å². The molecule has 20 heavy (non-hydrogen) atoms. The Bertz CT molecular complexity index is 740. The second kappa shape index (κ2) is 5.23. The van der Waals surface area contributed by atoms with E-state index in [1.165, 1.54) is 23.1 Å². The Labute approximate surface area is 119 Å². The third-order valence-electron chi connectivity index (χ3n) is 3.80. The zero-order valence-corrected chi connectivity index (χ0v) is 12.4. The summed E-state index contributed by atoms with van der Waals surface area (Å²) in [7, 11) is 0. The number of aromatic nitrogens is 3. The van der Waals surface area contributed by atoms with E-state index in [4.69, 9.17) is 4.98 Å². The van der Waals surface area contributed by atoms with Crippen molar-refractivity contribution in [3.8, 4) is 0 Å². The lowest BCUT2D eigenvalue weighted by Gasteiger charge is -2.11. The zero-order chi connectivity index (χ0) is 14.1. The number of imidazole rings is 1. The lowest BCUT2D eigenvalue weighted by atomic mass is 10.1.